The number of methoxy groups -OCH3 is 1. The van der Waals surface area contributed by atoms with Crippen LogP contribution in [0.5, 0.6) is 5.75 Å². The molecule has 2 nitrogen and oxygen atoms in total. The Balaban J connectivity index is 1.84. The summed E-state index contributed by atoms with van der Waals surface area (Å²) in [4.78, 5) is 0. The van der Waals surface area contributed by atoms with E-state index >= 15 is 0 Å². The average Bonchev–Trinajstić information content (AvgIpc) is 2.48. The lowest BCUT2D eigenvalue weighted by atomic mass is 9.99. The van der Waals surface area contributed by atoms with Gasteiger partial charge in [0.2, 0.25) is 0 Å². The van der Waals surface area contributed by atoms with Crippen molar-refractivity contribution in [2.75, 3.05) is 7.11 Å². The van der Waals surface area contributed by atoms with Crippen LogP contribution in [0.25, 0.3) is 0 Å². The minimum absolute atomic E-state index is 0.315. The highest BCUT2D eigenvalue weighted by atomic mass is 16.5. The van der Waals surface area contributed by atoms with Crippen molar-refractivity contribution in [3.63, 3.8) is 0 Å². The standard InChI is InChI=1S/C19H24O2/c1-15-11-12-19(21-2)17(13-15)14-18(20)10-6-9-16-7-4-3-5-8-16/h3-5,7-8,11-13,18,20H,6,9-10,14H2,1-2H3. The summed E-state index contributed by atoms with van der Waals surface area (Å²) in [5.74, 6) is 0.864. The van der Waals surface area contributed by atoms with Gasteiger partial charge in [0.05, 0.1) is 13.2 Å². The highest BCUT2D eigenvalue weighted by Crippen LogP contribution is 2.22. The van der Waals surface area contributed by atoms with E-state index in [1.165, 1.54) is 11.1 Å². The molecule has 112 valence electrons. The highest BCUT2D eigenvalue weighted by Gasteiger charge is 2.10. The molecule has 2 aromatic carbocycles. The predicted octanol–water partition coefficient (Wildman–Crippen LogP) is 3.93. The summed E-state index contributed by atoms with van der Waals surface area (Å²) in [7, 11) is 1.68. The molecule has 1 N–H and O–H groups in total. The van der Waals surface area contributed by atoms with Crippen LogP contribution in [-0.2, 0) is 12.8 Å². The highest BCUT2D eigenvalue weighted by molar-refractivity contribution is 5.37. The molecule has 2 aromatic rings. The maximum Gasteiger partial charge on any atom is 0.122 e. The summed E-state index contributed by atoms with van der Waals surface area (Å²) in [5, 5.41) is 10.2. The van der Waals surface area contributed by atoms with Crippen molar-refractivity contribution in [2.24, 2.45) is 0 Å². The fourth-order valence-electron chi connectivity index (χ4n) is 2.61. The second kappa shape index (κ2) is 7.84. The SMILES string of the molecule is COc1ccc(C)cc1CC(O)CCCc1ccccc1. The van der Waals surface area contributed by atoms with Gasteiger partial charge >= 0.3 is 0 Å². The Morgan fingerprint density at radius 1 is 1.10 bits per heavy atom. The van der Waals surface area contributed by atoms with E-state index in [2.05, 4.69) is 37.3 Å². The number of benzene rings is 2. The van der Waals surface area contributed by atoms with E-state index in [9.17, 15) is 5.11 Å². The summed E-state index contributed by atoms with van der Waals surface area (Å²) < 4.78 is 5.36. The van der Waals surface area contributed by atoms with Crippen LogP contribution in [0.4, 0.5) is 0 Å². The number of hydrogen-bond donors (Lipinski definition) is 1. The first-order chi connectivity index (χ1) is 10.2. The first-order valence-corrected chi connectivity index (χ1v) is 7.54. The molecule has 0 heterocycles. The van der Waals surface area contributed by atoms with Crippen molar-refractivity contribution < 1.29 is 9.84 Å². The zero-order valence-corrected chi connectivity index (χ0v) is 12.9. The lowest BCUT2D eigenvalue weighted by Gasteiger charge is -2.14. The van der Waals surface area contributed by atoms with Crippen LogP contribution in [0.15, 0.2) is 48.5 Å². The fraction of sp³-hybridized carbons (Fsp3) is 0.368. The Hall–Kier alpha value is -1.80. The van der Waals surface area contributed by atoms with E-state index in [1.54, 1.807) is 7.11 Å². The van der Waals surface area contributed by atoms with Crippen LogP contribution < -0.4 is 4.74 Å². The normalized spacial score (nSPS) is 12.1. The van der Waals surface area contributed by atoms with E-state index in [1.807, 2.05) is 18.2 Å². The Bertz CT molecular complexity index is 549. The van der Waals surface area contributed by atoms with E-state index in [0.717, 1.165) is 30.6 Å². The summed E-state index contributed by atoms with van der Waals surface area (Å²) in [6.45, 7) is 2.06. The molecule has 2 rings (SSSR count). The Morgan fingerprint density at radius 2 is 1.86 bits per heavy atom. The smallest absolute Gasteiger partial charge is 0.122 e. The quantitative estimate of drug-likeness (QED) is 0.834. The van der Waals surface area contributed by atoms with Gasteiger partial charge in [-0.15, -0.1) is 0 Å². The van der Waals surface area contributed by atoms with Crippen molar-refractivity contribution in [1.29, 1.82) is 0 Å². The number of ether oxygens (including phenoxy) is 1. The van der Waals surface area contributed by atoms with Crippen molar-refractivity contribution in [3.05, 3.63) is 65.2 Å². The van der Waals surface area contributed by atoms with Gasteiger partial charge in [0.25, 0.3) is 0 Å². The molecule has 0 fully saturated rings. The van der Waals surface area contributed by atoms with Crippen molar-refractivity contribution in [2.45, 2.75) is 38.7 Å². The van der Waals surface area contributed by atoms with Gasteiger partial charge < -0.3 is 9.84 Å². The van der Waals surface area contributed by atoms with Crippen LogP contribution in [0.3, 0.4) is 0 Å². The zero-order valence-electron chi connectivity index (χ0n) is 12.9. The molecule has 0 radical (unpaired) electrons. The predicted molar refractivity (Wildman–Crippen MR) is 86.8 cm³/mol. The molecule has 0 aliphatic carbocycles. The molecule has 0 aliphatic rings. The third-order valence-electron chi connectivity index (χ3n) is 3.74. The lowest BCUT2D eigenvalue weighted by Crippen LogP contribution is -2.11. The van der Waals surface area contributed by atoms with Crippen molar-refractivity contribution in [3.8, 4) is 5.75 Å². The van der Waals surface area contributed by atoms with Gasteiger partial charge in [-0.1, -0.05) is 48.0 Å². The number of aliphatic hydroxyl groups is 1. The minimum atomic E-state index is -0.315. The molecular formula is C19H24O2. The number of rotatable bonds is 7. The van der Waals surface area contributed by atoms with Gasteiger partial charge in [-0.3, -0.25) is 0 Å². The van der Waals surface area contributed by atoms with Crippen LogP contribution in [0.1, 0.15) is 29.5 Å². The zero-order chi connectivity index (χ0) is 15.1. The van der Waals surface area contributed by atoms with Gasteiger partial charge in [-0.2, -0.15) is 0 Å². The molecule has 0 bridgehead atoms. The molecule has 0 aromatic heterocycles. The number of aryl methyl sites for hydroxylation is 2. The number of hydrogen-bond acceptors (Lipinski definition) is 2. The summed E-state index contributed by atoms with van der Waals surface area (Å²) in [5.41, 5.74) is 3.62. The molecule has 2 heteroatoms. The molecule has 21 heavy (non-hydrogen) atoms. The summed E-state index contributed by atoms with van der Waals surface area (Å²) >= 11 is 0. The molecule has 1 atom stereocenters. The Kier molecular flexibility index (Phi) is 5.82. The first kappa shape index (κ1) is 15.6. The molecule has 0 saturated carbocycles. The van der Waals surface area contributed by atoms with E-state index < -0.39 is 0 Å². The van der Waals surface area contributed by atoms with Crippen LogP contribution >= 0.6 is 0 Å². The van der Waals surface area contributed by atoms with Gasteiger partial charge in [0, 0.05) is 6.42 Å². The van der Waals surface area contributed by atoms with E-state index in [-0.39, 0.29) is 6.10 Å². The second-order valence-corrected chi connectivity index (χ2v) is 5.55. The second-order valence-electron chi connectivity index (χ2n) is 5.55. The van der Waals surface area contributed by atoms with Gasteiger partial charge in [-0.05, 0) is 43.4 Å². The third-order valence-corrected chi connectivity index (χ3v) is 3.74. The van der Waals surface area contributed by atoms with Crippen LogP contribution in [0.2, 0.25) is 0 Å². The monoisotopic (exact) mass is 284 g/mol. The van der Waals surface area contributed by atoms with E-state index in [0.29, 0.717) is 6.42 Å². The van der Waals surface area contributed by atoms with Crippen LogP contribution in [-0.4, -0.2) is 18.3 Å². The van der Waals surface area contributed by atoms with Crippen molar-refractivity contribution >= 4 is 0 Å². The molecule has 0 spiro atoms. The third kappa shape index (κ3) is 4.91. The fourth-order valence-corrected chi connectivity index (χ4v) is 2.61. The number of aliphatic hydroxyl groups excluding tert-OH is 1. The lowest BCUT2D eigenvalue weighted by molar-refractivity contribution is 0.161. The molecule has 0 aliphatic heterocycles. The molecular weight excluding hydrogens is 260 g/mol. The molecule has 0 saturated heterocycles. The summed E-state index contributed by atoms with van der Waals surface area (Å²) in [6.07, 6.45) is 3.16. The Labute approximate surface area is 127 Å². The molecule has 1 unspecified atom stereocenters. The summed E-state index contributed by atoms with van der Waals surface area (Å²) in [6, 6.07) is 16.5. The van der Waals surface area contributed by atoms with Gasteiger partial charge in [0.1, 0.15) is 5.75 Å². The van der Waals surface area contributed by atoms with Gasteiger partial charge in [0.15, 0.2) is 0 Å². The Morgan fingerprint density at radius 3 is 2.57 bits per heavy atom. The maximum atomic E-state index is 10.2. The molecule has 0 amide bonds. The van der Waals surface area contributed by atoms with Gasteiger partial charge in [-0.25, -0.2) is 0 Å². The topological polar surface area (TPSA) is 29.5 Å². The first-order valence-electron chi connectivity index (χ1n) is 7.54. The largest absolute Gasteiger partial charge is 0.496 e. The minimum Gasteiger partial charge on any atom is -0.496 e. The average molecular weight is 284 g/mol. The van der Waals surface area contributed by atoms with Crippen molar-refractivity contribution in [1.82, 2.24) is 0 Å². The maximum absolute atomic E-state index is 10.2. The van der Waals surface area contributed by atoms with E-state index in [4.69, 9.17) is 4.74 Å². The van der Waals surface area contributed by atoms with Crippen LogP contribution in [0, 0.1) is 6.92 Å².